The molecular formula is C10H8ClN5O3. The Morgan fingerprint density at radius 1 is 1.42 bits per heavy atom. The van der Waals surface area contributed by atoms with E-state index in [1.165, 1.54) is 30.6 Å². The van der Waals surface area contributed by atoms with E-state index in [4.69, 9.17) is 22.2 Å². The Bertz CT molecular complexity index is 622. The van der Waals surface area contributed by atoms with E-state index in [1.807, 2.05) is 0 Å². The number of hydrazine groups is 1. The number of halogens is 1. The summed E-state index contributed by atoms with van der Waals surface area (Å²) in [6.45, 7) is 0. The molecule has 0 amide bonds. The second kappa shape index (κ2) is 5.46. The number of anilines is 1. The number of benzene rings is 1. The van der Waals surface area contributed by atoms with Crippen molar-refractivity contribution in [3.05, 3.63) is 45.7 Å². The maximum atomic E-state index is 10.9. The zero-order chi connectivity index (χ0) is 13.8. The molecule has 1 aromatic heterocycles. The van der Waals surface area contributed by atoms with Gasteiger partial charge in [0.05, 0.1) is 22.3 Å². The minimum atomic E-state index is -0.598. The van der Waals surface area contributed by atoms with Gasteiger partial charge in [-0.25, -0.2) is 5.84 Å². The van der Waals surface area contributed by atoms with Crippen LogP contribution in [0, 0.1) is 10.1 Å². The van der Waals surface area contributed by atoms with Crippen molar-refractivity contribution in [2.24, 2.45) is 5.84 Å². The number of nitrogens with one attached hydrogen (secondary N) is 1. The van der Waals surface area contributed by atoms with Gasteiger partial charge >= 0.3 is 5.69 Å². The van der Waals surface area contributed by atoms with E-state index < -0.39 is 4.92 Å². The lowest BCUT2D eigenvalue weighted by molar-refractivity contribution is -0.385. The molecule has 2 aromatic rings. The summed E-state index contributed by atoms with van der Waals surface area (Å²) in [4.78, 5) is 18.0. The number of rotatable bonds is 4. The van der Waals surface area contributed by atoms with Gasteiger partial charge in [0, 0.05) is 6.07 Å². The molecule has 0 saturated carbocycles. The Hall–Kier alpha value is -2.45. The van der Waals surface area contributed by atoms with Crippen LogP contribution in [0.3, 0.4) is 0 Å². The van der Waals surface area contributed by atoms with Gasteiger partial charge < -0.3 is 10.2 Å². The van der Waals surface area contributed by atoms with E-state index >= 15 is 0 Å². The number of nitrogen functional groups attached to an aromatic ring is 1. The zero-order valence-electron chi connectivity index (χ0n) is 9.41. The maximum Gasteiger partial charge on any atom is 0.313 e. The average molecular weight is 282 g/mol. The second-order valence-electron chi connectivity index (χ2n) is 3.33. The molecule has 0 unspecified atom stereocenters. The predicted octanol–water partition coefficient (Wildman–Crippen LogP) is 2.12. The number of hydrogen-bond donors (Lipinski definition) is 2. The van der Waals surface area contributed by atoms with E-state index in [9.17, 15) is 10.1 Å². The van der Waals surface area contributed by atoms with Crippen LogP contribution in [0.15, 0.2) is 30.6 Å². The summed E-state index contributed by atoms with van der Waals surface area (Å²) < 4.78 is 5.30. The largest absolute Gasteiger partial charge is 0.429 e. The van der Waals surface area contributed by atoms with E-state index in [0.717, 1.165) is 0 Å². The molecule has 1 heterocycles. The van der Waals surface area contributed by atoms with Crippen LogP contribution in [0.4, 0.5) is 11.5 Å². The Kier molecular flexibility index (Phi) is 3.74. The topological polar surface area (TPSA) is 116 Å². The summed E-state index contributed by atoms with van der Waals surface area (Å²) in [5.41, 5.74) is 2.02. The Morgan fingerprint density at radius 3 is 2.89 bits per heavy atom. The fourth-order valence-electron chi connectivity index (χ4n) is 1.31. The minimum absolute atomic E-state index is 0.0339. The molecule has 8 nitrogen and oxygen atoms in total. The van der Waals surface area contributed by atoms with Crippen LogP contribution in [0.25, 0.3) is 0 Å². The van der Waals surface area contributed by atoms with Gasteiger partial charge in [-0.05, 0) is 6.07 Å². The highest BCUT2D eigenvalue weighted by Crippen LogP contribution is 2.37. The molecule has 0 radical (unpaired) electrons. The van der Waals surface area contributed by atoms with E-state index in [1.54, 1.807) is 0 Å². The molecule has 0 bridgehead atoms. The van der Waals surface area contributed by atoms with Crippen LogP contribution in [-0.4, -0.2) is 14.9 Å². The van der Waals surface area contributed by atoms with Crippen molar-refractivity contribution in [1.29, 1.82) is 0 Å². The highest BCUT2D eigenvalue weighted by Gasteiger charge is 2.19. The predicted molar refractivity (Wildman–Crippen MR) is 68.0 cm³/mol. The van der Waals surface area contributed by atoms with Crippen LogP contribution in [0.5, 0.6) is 11.6 Å². The monoisotopic (exact) mass is 281 g/mol. The van der Waals surface area contributed by atoms with Crippen molar-refractivity contribution in [2.75, 3.05) is 5.43 Å². The molecule has 0 aliphatic rings. The molecule has 3 N–H and O–H groups in total. The quantitative estimate of drug-likeness (QED) is 0.501. The molecule has 0 fully saturated rings. The lowest BCUT2D eigenvalue weighted by Crippen LogP contribution is -2.09. The molecule has 0 atom stereocenters. The van der Waals surface area contributed by atoms with E-state index in [2.05, 4.69) is 15.4 Å². The first kappa shape index (κ1) is 13.0. The van der Waals surface area contributed by atoms with Crippen molar-refractivity contribution >= 4 is 23.1 Å². The van der Waals surface area contributed by atoms with Gasteiger partial charge in [0.15, 0.2) is 5.82 Å². The molecule has 0 saturated heterocycles. The van der Waals surface area contributed by atoms with Crippen LogP contribution >= 0.6 is 11.6 Å². The van der Waals surface area contributed by atoms with Crippen molar-refractivity contribution in [1.82, 2.24) is 9.97 Å². The molecule has 0 spiro atoms. The van der Waals surface area contributed by atoms with Crippen molar-refractivity contribution in [2.45, 2.75) is 0 Å². The molecule has 9 heteroatoms. The summed E-state index contributed by atoms with van der Waals surface area (Å²) in [7, 11) is 0. The Morgan fingerprint density at radius 2 is 2.21 bits per heavy atom. The lowest BCUT2D eigenvalue weighted by Gasteiger charge is -2.07. The number of hydrogen-bond acceptors (Lipinski definition) is 7. The Balaban J connectivity index is 2.40. The highest BCUT2D eigenvalue weighted by atomic mass is 35.5. The molecular weight excluding hydrogens is 274 g/mol. The molecule has 19 heavy (non-hydrogen) atoms. The minimum Gasteiger partial charge on any atom is -0.429 e. The summed E-state index contributed by atoms with van der Waals surface area (Å²) in [6.07, 6.45) is 2.65. The number of nitro benzene ring substituents is 1. The number of para-hydroxylation sites is 1. The van der Waals surface area contributed by atoms with Gasteiger partial charge in [0.25, 0.3) is 0 Å². The maximum absolute atomic E-state index is 10.9. The van der Waals surface area contributed by atoms with E-state index in [0.29, 0.717) is 0 Å². The van der Waals surface area contributed by atoms with Gasteiger partial charge in [-0.15, -0.1) is 0 Å². The van der Waals surface area contributed by atoms with Crippen LogP contribution in [0.2, 0.25) is 5.02 Å². The molecule has 0 aliphatic carbocycles. The van der Waals surface area contributed by atoms with Gasteiger partial charge in [-0.3, -0.25) is 15.1 Å². The van der Waals surface area contributed by atoms with Gasteiger partial charge in [0.1, 0.15) is 0 Å². The van der Waals surface area contributed by atoms with Crippen LogP contribution < -0.4 is 16.0 Å². The first-order valence-corrected chi connectivity index (χ1v) is 5.39. The highest BCUT2D eigenvalue weighted by molar-refractivity contribution is 6.32. The molecule has 2 rings (SSSR count). The summed E-state index contributed by atoms with van der Waals surface area (Å²) in [5.74, 6) is 5.37. The molecule has 98 valence electrons. The van der Waals surface area contributed by atoms with Crippen LogP contribution in [-0.2, 0) is 0 Å². The number of nitro groups is 1. The third-order valence-electron chi connectivity index (χ3n) is 2.11. The molecule has 1 aromatic carbocycles. The zero-order valence-corrected chi connectivity index (χ0v) is 10.2. The van der Waals surface area contributed by atoms with Gasteiger partial charge in [-0.1, -0.05) is 17.7 Å². The summed E-state index contributed by atoms with van der Waals surface area (Å²) >= 11 is 5.88. The van der Waals surface area contributed by atoms with Crippen LogP contribution in [0.1, 0.15) is 0 Å². The van der Waals surface area contributed by atoms with E-state index in [-0.39, 0.29) is 28.2 Å². The lowest BCUT2D eigenvalue weighted by atomic mass is 10.3. The standard InChI is InChI=1S/C10H8ClN5O3/c11-6-2-1-3-7(16(17)18)10(6)19-9-5-13-4-8(14-9)15-12/h1-5H,12H2,(H,14,15). The normalized spacial score (nSPS) is 10.0. The number of nitrogens with zero attached hydrogens (tertiary/aromatic N) is 3. The first-order valence-electron chi connectivity index (χ1n) is 5.01. The van der Waals surface area contributed by atoms with Gasteiger partial charge in [-0.2, -0.15) is 4.98 Å². The first-order chi connectivity index (χ1) is 9.11. The van der Waals surface area contributed by atoms with Crippen molar-refractivity contribution < 1.29 is 9.66 Å². The number of aromatic nitrogens is 2. The smallest absolute Gasteiger partial charge is 0.313 e. The van der Waals surface area contributed by atoms with Crippen molar-refractivity contribution in [3.8, 4) is 11.6 Å². The second-order valence-corrected chi connectivity index (χ2v) is 3.74. The summed E-state index contributed by atoms with van der Waals surface area (Å²) in [5, 5.41) is 11.0. The van der Waals surface area contributed by atoms with Gasteiger partial charge in [0.2, 0.25) is 11.6 Å². The van der Waals surface area contributed by atoms with Crippen molar-refractivity contribution in [3.63, 3.8) is 0 Å². The third kappa shape index (κ3) is 2.87. The SMILES string of the molecule is NNc1cncc(Oc2c(Cl)cccc2[N+](=O)[O-])n1. The number of ether oxygens (including phenoxy) is 1. The Labute approximate surface area is 112 Å². The summed E-state index contributed by atoms with van der Waals surface area (Å²) in [6, 6.07) is 4.21. The third-order valence-corrected chi connectivity index (χ3v) is 2.41. The fourth-order valence-corrected chi connectivity index (χ4v) is 1.52. The number of nitrogens with two attached hydrogens (primary N) is 1. The fraction of sp³-hybridized carbons (Fsp3) is 0. The average Bonchev–Trinajstić information content (AvgIpc) is 2.41. The molecule has 0 aliphatic heterocycles.